The van der Waals surface area contributed by atoms with Gasteiger partial charge in [0.2, 0.25) is 0 Å². The summed E-state index contributed by atoms with van der Waals surface area (Å²) in [5.41, 5.74) is 12.5. The van der Waals surface area contributed by atoms with Gasteiger partial charge in [0.1, 0.15) is 11.0 Å². The SMILES string of the molecule is c1ccc(-c2cc(-c3ccc(-c4ccc5nc(-c6ccccc6)c6ccc7nn(-c8ccccc8)nc7c6c5c4)cc3)nc(-c3ccccc3)n2)cc1. The Kier molecular flexibility index (Phi) is 7.36. The maximum Gasteiger partial charge on any atom is 0.160 e. The van der Waals surface area contributed by atoms with Crippen molar-refractivity contribution >= 4 is 32.7 Å². The van der Waals surface area contributed by atoms with E-state index in [1.807, 2.05) is 91.0 Å². The van der Waals surface area contributed by atoms with Gasteiger partial charge in [0.15, 0.2) is 5.82 Å². The Hall–Kier alpha value is -7.31. The molecule has 0 saturated heterocycles. The third-order valence-electron chi connectivity index (χ3n) is 9.68. The highest BCUT2D eigenvalue weighted by Gasteiger charge is 2.18. The number of aromatic nitrogens is 6. The molecule has 0 amide bonds. The minimum absolute atomic E-state index is 0.699. The Labute approximate surface area is 305 Å². The van der Waals surface area contributed by atoms with Crippen molar-refractivity contribution in [2.75, 3.05) is 0 Å². The Balaban J connectivity index is 1.11. The fraction of sp³-hybridized carbons (Fsp3) is 0. The second-order valence-corrected chi connectivity index (χ2v) is 13.0. The first kappa shape index (κ1) is 30.5. The molecule has 0 aliphatic carbocycles. The van der Waals surface area contributed by atoms with Gasteiger partial charge in [0.25, 0.3) is 0 Å². The van der Waals surface area contributed by atoms with Crippen molar-refractivity contribution in [2.45, 2.75) is 0 Å². The zero-order valence-corrected chi connectivity index (χ0v) is 28.5. The van der Waals surface area contributed by atoms with E-state index in [-0.39, 0.29) is 0 Å². The van der Waals surface area contributed by atoms with Gasteiger partial charge in [-0.05, 0) is 53.6 Å². The first-order valence-electron chi connectivity index (χ1n) is 17.6. The van der Waals surface area contributed by atoms with Crippen LogP contribution in [-0.4, -0.2) is 29.9 Å². The van der Waals surface area contributed by atoms with Gasteiger partial charge < -0.3 is 0 Å². The Morgan fingerprint density at radius 2 is 0.906 bits per heavy atom. The van der Waals surface area contributed by atoms with E-state index in [9.17, 15) is 0 Å². The summed E-state index contributed by atoms with van der Waals surface area (Å²) < 4.78 is 0. The van der Waals surface area contributed by atoms with E-state index < -0.39 is 0 Å². The second kappa shape index (κ2) is 12.8. The highest BCUT2D eigenvalue weighted by Crippen LogP contribution is 2.38. The summed E-state index contributed by atoms with van der Waals surface area (Å²) in [6.45, 7) is 0. The van der Waals surface area contributed by atoms with E-state index in [1.165, 1.54) is 0 Å². The number of benzene rings is 7. The van der Waals surface area contributed by atoms with E-state index in [4.69, 9.17) is 25.1 Å². The van der Waals surface area contributed by atoms with Crippen molar-refractivity contribution in [3.8, 4) is 62.0 Å². The lowest BCUT2D eigenvalue weighted by molar-refractivity contribution is 0.766. The second-order valence-electron chi connectivity index (χ2n) is 13.0. The van der Waals surface area contributed by atoms with Crippen molar-refractivity contribution in [3.63, 3.8) is 0 Å². The van der Waals surface area contributed by atoms with Crippen LogP contribution in [0.4, 0.5) is 0 Å². The molecule has 7 aromatic carbocycles. The van der Waals surface area contributed by atoms with Gasteiger partial charge >= 0.3 is 0 Å². The molecule has 248 valence electrons. The van der Waals surface area contributed by atoms with Crippen LogP contribution in [0.25, 0.3) is 94.7 Å². The monoisotopic (exact) mass is 678 g/mol. The predicted molar refractivity (Wildman–Crippen MR) is 214 cm³/mol. The Morgan fingerprint density at radius 1 is 0.358 bits per heavy atom. The van der Waals surface area contributed by atoms with Crippen LogP contribution in [0.1, 0.15) is 0 Å². The number of nitrogens with zero attached hydrogens (tertiary/aromatic N) is 6. The average molecular weight is 679 g/mol. The average Bonchev–Trinajstić information content (AvgIpc) is 3.69. The standard InChI is InChI=1S/C47H30N6/c1-5-13-32(14-6-1)42-30-43(50-47(49-42)35-17-9-3-10-18-35)33-23-21-31(22-24-33)36-25-27-40-39(29-36)44-38(45(48-40)34-15-7-2-8-16-34)26-28-41-46(44)52-53(51-41)37-19-11-4-12-20-37/h1-30H. The number of para-hydroxylation sites is 1. The summed E-state index contributed by atoms with van der Waals surface area (Å²) in [6, 6.07) is 62.2. The van der Waals surface area contributed by atoms with E-state index in [0.717, 1.165) is 88.9 Å². The number of rotatable bonds is 6. The highest BCUT2D eigenvalue weighted by molar-refractivity contribution is 6.21. The molecule has 0 unspecified atom stereocenters. The van der Waals surface area contributed by atoms with Crippen LogP contribution in [0.5, 0.6) is 0 Å². The molecule has 0 aliphatic rings. The minimum Gasteiger partial charge on any atom is -0.247 e. The van der Waals surface area contributed by atoms with Gasteiger partial charge in [-0.2, -0.15) is 4.80 Å². The lowest BCUT2D eigenvalue weighted by Crippen LogP contribution is -1.97. The molecule has 6 heteroatoms. The molecule has 0 N–H and O–H groups in total. The van der Waals surface area contributed by atoms with Gasteiger partial charge in [-0.25, -0.2) is 15.0 Å². The summed E-state index contributed by atoms with van der Waals surface area (Å²) in [6.07, 6.45) is 0. The molecule has 0 aliphatic heterocycles. The van der Waals surface area contributed by atoms with E-state index in [0.29, 0.717) is 5.82 Å². The molecule has 0 fully saturated rings. The Bertz CT molecular complexity index is 2850. The Morgan fingerprint density at radius 3 is 1.58 bits per heavy atom. The van der Waals surface area contributed by atoms with Crippen LogP contribution in [0.15, 0.2) is 182 Å². The summed E-state index contributed by atoms with van der Waals surface area (Å²) in [5, 5.41) is 13.1. The summed E-state index contributed by atoms with van der Waals surface area (Å²) in [4.78, 5) is 16.9. The number of pyridine rings is 1. The number of hydrogen-bond donors (Lipinski definition) is 0. The molecular weight excluding hydrogens is 649 g/mol. The van der Waals surface area contributed by atoms with E-state index in [1.54, 1.807) is 4.80 Å². The van der Waals surface area contributed by atoms with Gasteiger partial charge in [-0.3, -0.25) is 0 Å². The predicted octanol–water partition coefficient (Wildman–Crippen LogP) is 11.2. The lowest BCUT2D eigenvalue weighted by atomic mass is 9.95. The minimum atomic E-state index is 0.699. The van der Waals surface area contributed by atoms with Gasteiger partial charge in [-0.1, -0.05) is 140 Å². The van der Waals surface area contributed by atoms with Crippen LogP contribution in [0.2, 0.25) is 0 Å². The largest absolute Gasteiger partial charge is 0.247 e. The van der Waals surface area contributed by atoms with E-state index in [2.05, 4.69) is 91.0 Å². The molecule has 53 heavy (non-hydrogen) atoms. The maximum atomic E-state index is 5.23. The van der Waals surface area contributed by atoms with Gasteiger partial charge in [0, 0.05) is 38.4 Å². The van der Waals surface area contributed by atoms with Gasteiger partial charge in [-0.15, -0.1) is 10.2 Å². The molecule has 6 nitrogen and oxygen atoms in total. The zero-order valence-electron chi connectivity index (χ0n) is 28.5. The third kappa shape index (κ3) is 5.59. The summed E-state index contributed by atoms with van der Waals surface area (Å²) >= 11 is 0. The molecule has 10 aromatic rings. The highest BCUT2D eigenvalue weighted by atomic mass is 15.5. The van der Waals surface area contributed by atoms with Crippen molar-refractivity contribution in [3.05, 3.63) is 182 Å². The zero-order chi connectivity index (χ0) is 35.1. The summed E-state index contributed by atoms with van der Waals surface area (Å²) in [7, 11) is 0. The first-order valence-corrected chi connectivity index (χ1v) is 17.6. The van der Waals surface area contributed by atoms with E-state index >= 15 is 0 Å². The van der Waals surface area contributed by atoms with Crippen molar-refractivity contribution in [2.24, 2.45) is 0 Å². The van der Waals surface area contributed by atoms with Crippen LogP contribution in [0, 0.1) is 0 Å². The summed E-state index contributed by atoms with van der Waals surface area (Å²) in [5.74, 6) is 0.699. The van der Waals surface area contributed by atoms with Crippen molar-refractivity contribution < 1.29 is 0 Å². The molecule has 3 aromatic heterocycles. The fourth-order valence-electron chi connectivity index (χ4n) is 7.04. The smallest absolute Gasteiger partial charge is 0.160 e. The molecular formula is C47H30N6. The normalized spacial score (nSPS) is 11.4. The van der Waals surface area contributed by atoms with Crippen LogP contribution >= 0.6 is 0 Å². The van der Waals surface area contributed by atoms with Crippen LogP contribution in [0.3, 0.4) is 0 Å². The van der Waals surface area contributed by atoms with Crippen molar-refractivity contribution in [1.29, 1.82) is 0 Å². The quantitative estimate of drug-likeness (QED) is 0.164. The molecule has 0 saturated carbocycles. The molecule has 0 spiro atoms. The maximum absolute atomic E-state index is 5.23. The first-order chi connectivity index (χ1) is 26.2. The molecule has 0 atom stereocenters. The molecule has 0 bridgehead atoms. The van der Waals surface area contributed by atoms with Gasteiger partial charge in [0.05, 0.1) is 28.3 Å². The fourth-order valence-corrected chi connectivity index (χ4v) is 7.04. The molecule has 3 heterocycles. The van der Waals surface area contributed by atoms with Crippen LogP contribution in [-0.2, 0) is 0 Å². The number of fused-ring (bicyclic) bond motifs is 5. The molecule has 0 radical (unpaired) electrons. The molecule has 10 rings (SSSR count). The van der Waals surface area contributed by atoms with Crippen molar-refractivity contribution in [1.82, 2.24) is 29.9 Å². The number of hydrogen-bond acceptors (Lipinski definition) is 5. The lowest BCUT2D eigenvalue weighted by Gasteiger charge is -2.12. The topological polar surface area (TPSA) is 69.4 Å². The van der Waals surface area contributed by atoms with Crippen LogP contribution < -0.4 is 0 Å². The third-order valence-corrected chi connectivity index (χ3v) is 9.68.